The van der Waals surface area contributed by atoms with Gasteiger partial charge < -0.3 is 14.6 Å². The molecule has 3 heterocycles. The van der Waals surface area contributed by atoms with Crippen LogP contribution in [0.1, 0.15) is 45.8 Å². The fraction of sp³-hybridized carbons (Fsp3) is 0.478. The average Bonchev–Trinajstić information content (AvgIpc) is 3.26. The second-order valence-electron chi connectivity index (χ2n) is 8.37. The largest absolute Gasteiger partial charge is 0.373 e. The highest BCUT2D eigenvalue weighted by atomic mass is 16.5. The van der Waals surface area contributed by atoms with E-state index >= 15 is 0 Å². The lowest BCUT2D eigenvalue weighted by atomic mass is 9.95. The Morgan fingerprint density at radius 3 is 2.97 bits per heavy atom. The number of nitrogens with zero attached hydrogens (tertiary/aromatic N) is 3. The van der Waals surface area contributed by atoms with E-state index in [1.807, 2.05) is 28.6 Å². The van der Waals surface area contributed by atoms with Crippen molar-refractivity contribution in [2.75, 3.05) is 19.7 Å². The first-order chi connectivity index (χ1) is 14.1. The highest BCUT2D eigenvalue weighted by Crippen LogP contribution is 2.31. The molecule has 2 aliphatic rings. The number of fused-ring (bicyclic) bond motifs is 3. The molecule has 5 rings (SSSR count). The number of nitrogens with one attached hydrogen (secondary N) is 1. The molecule has 1 unspecified atom stereocenters. The highest BCUT2D eigenvalue weighted by Gasteiger charge is 2.28. The van der Waals surface area contributed by atoms with Gasteiger partial charge in [0.05, 0.1) is 36.0 Å². The molecule has 1 fully saturated rings. The number of aryl methyl sites for hydroxylation is 4. The second kappa shape index (κ2) is 7.34. The maximum absolute atomic E-state index is 13.4. The lowest BCUT2D eigenvalue weighted by Gasteiger charge is -2.33. The van der Waals surface area contributed by atoms with Gasteiger partial charge in [0.1, 0.15) is 0 Å². The fourth-order valence-electron chi connectivity index (χ4n) is 4.85. The standard InChI is InChI=1S/C23H28N4O2/c1-15-12-16(2)27(25-15)14-17-13-26(10-11-29-17)23(28)20-8-5-7-19-18-6-3-4-9-21(18)24-22(19)20/h5,7-8,12,17,24H,3-4,6,9-11,13-14H2,1-2H3. The minimum absolute atomic E-state index is 0.0400. The molecular formula is C23H28N4O2. The first kappa shape index (κ1) is 18.4. The minimum atomic E-state index is -0.0400. The number of aromatic amines is 1. The van der Waals surface area contributed by atoms with Crippen molar-refractivity contribution in [3.63, 3.8) is 0 Å². The number of hydrogen-bond donors (Lipinski definition) is 1. The summed E-state index contributed by atoms with van der Waals surface area (Å²) in [6, 6.07) is 8.20. The molecule has 29 heavy (non-hydrogen) atoms. The molecule has 0 spiro atoms. The van der Waals surface area contributed by atoms with Crippen molar-refractivity contribution in [1.82, 2.24) is 19.7 Å². The lowest BCUT2D eigenvalue weighted by Crippen LogP contribution is -2.47. The molecule has 0 radical (unpaired) electrons. The summed E-state index contributed by atoms with van der Waals surface area (Å²) in [7, 11) is 0. The predicted molar refractivity (Wildman–Crippen MR) is 112 cm³/mol. The first-order valence-electron chi connectivity index (χ1n) is 10.6. The number of para-hydroxylation sites is 1. The molecule has 1 amide bonds. The van der Waals surface area contributed by atoms with E-state index in [-0.39, 0.29) is 12.0 Å². The maximum Gasteiger partial charge on any atom is 0.256 e. The van der Waals surface area contributed by atoms with Gasteiger partial charge in [-0.1, -0.05) is 12.1 Å². The topological polar surface area (TPSA) is 63.2 Å². The first-order valence-corrected chi connectivity index (χ1v) is 10.6. The van der Waals surface area contributed by atoms with Crippen molar-refractivity contribution in [3.8, 4) is 0 Å². The molecule has 1 N–H and O–H groups in total. The van der Waals surface area contributed by atoms with Gasteiger partial charge in [0, 0.05) is 29.9 Å². The summed E-state index contributed by atoms with van der Waals surface area (Å²) in [4.78, 5) is 18.9. The van der Waals surface area contributed by atoms with E-state index in [0.717, 1.165) is 35.3 Å². The number of aromatic nitrogens is 3. The monoisotopic (exact) mass is 392 g/mol. The Kier molecular flexibility index (Phi) is 4.66. The Morgan fingerprint density at radius 2 is 2.14 bits per heavy atom. The Labute approximate surface area is 170 Å². The molecule has 6 nitrogen and oxygen atoms in total. The minimum Gasteiger partial charge on any atom is -0.373 e. The van der Waals surface area contributed by atoms with Crippen molar-refractivity contribution >= 4 is 16.8 Å². The number of ether oxygens (including phenoxy) is 1. The molecule has 0 bridgehead atoms. The molecule has 0 saturated carbocycles. The van der Waals surface area contributed by atoms with Gasteiger partial charge in [-0.25, -0.2) is 0 Å². The predicted octanol–water partition coefficient (Wildman–Crippen LogP) is 3.40. The number of morpholine rings is 1. The van der Waals surface area contributed by atoms with Crippen molar-refractivity contribution < 1.29 is 9.53 Å². The molecular weight excluding hydrogens is 364 g/mol. The van der Waals surface area contributed by atoms with Crippen LogP contribution in [0.15, 0.2) is 24.3 Å². The molecule has 3 aromatic rings. The van der Waals surface area contributed by atoms with Gasteiger partial charge in [0.25, 0.3) is 5.91 Å². The third-order valence-electron chi connectivity index (χ3n) is 6.27. The number of benzene rings is 1. The van der Waals surface area contributed by atoms with Crippen LogP contribution in [0.25, 0.3) is 10.9 Å². The van der Waals surface area contributed by atoms with E-state index < -0.39 is 0 Å². The Balaban J connectivity index is 1.39. The van der Waals surface area contributed by atoms with Gasteiger partial charge >= 0.3 is 0 Å². The van der Waals surface area contributed by atoms with Crippen LogP contribution < -0.4 is 0 Å². The number of H-pyrrole nitrogens is 1. The third-order valence-corrected chi connectivity index (χ3v) is 6.27. The van der Waals surface area contributed by atoms with Crippen LogP contribution in [0.3, 0.4) is 0 Å². The van der Waals surface area contributed by atoms with E-state index in [0.29, 0.717) is 26.2 Å². The van der Waals surface area contributed by atoms with Gasteiger partial charge in [-0.05, 0) is 57.2 Å². The Bertz CT molecular complexity index is 1060. The summed E-state index contributed by atoms with van der Waals surface area (Å²) in [5, 5.41) is 5.76. The normalized spacial score (nSPS) is 19.5. The zero-order valence-corrected chi connectivity index (χ0v) is 17.2. The van der Waals surface area contributed by atoms with Crippen LogP contribution in [-0.4, -0.2) is 51.4 Å². The van der Waals surface area contributed by atoms with Crippen LogP contribution in [-0.2, 0) is 24.1 Å². The summed E-state index contributed by atoms with van der Waals surface area (Å²) in [5.74, 6) is 0.0934. The molecule has 6 heteroatoms. The zero-order chi connectivity index (χ0) is 20.0. The molecule has 1 aliphatic heterocycles. The summed E-state index contributed by atoms with van der Waals surface area (Å²) < 4.78 is 7.93. The number of carbonyl (C=O) groups is 1. The smallest absolute Gasteiger partial charge is 0.256 e. The second-order valence-corrected chi connectivity index (χ2v) is 8.37. The van der Waals surface area contributed by atoms with Gasteiger partial charge in [-0.2, -0.15) is 5.10 Å². The molecule has 2 aromatic heterocycles. The van der Waals surface area contributed by atoms with Crippen LogP contribution in [0.5, 0.6) is 0 Å². The van der Waals surface area contributed by atoms with Gasteiger partial charge in [-0.3, -0.25) is 9.48 Å². The highest BCUT2D eigenvalue weighted by molar-refractivity contribution is 6.06. The maximum atomic E-state index is 13.4. The average molecular weight is 393 g/mol. The van der Waals surface area contributed by atoms with Gasteiger partial charge in [0.2, 0.25) is 0 Å². The summed E-state index contributed by atoms with van der Waals surface area (Å²) in [5.41, 5.74) is 6.64. The number of carbonyl (C=O) groups excluding carboxylic acids is 1. The summed E-state index contributed by atoms with van der Waals surface area (Å²) >= 11 is 0. The summed E-state index contributed by atoms with van der Waals surface area (Å²) in [6.45, 7) is 6.51. The molecule has 152 valence electrons. The fourth-order valence-corrected chi connectivity index (χ4v) is 4.85. The number of hydrogen-bond acceptors (Lipinski definition) is 3. The van der Waals surface area contributed by atoms with Crippen LogP contribution >= 0.6 is 0 Å². The van der Waals surface area contributed by atoms with Gasteiger partial charge in [-0.15, -0.1) is 0 Å². The van der Waals surface area contributed by atoms with Crippen LogP contribution in [0, 0.1) is 13.8 Å². The molecule has 1 atom stereocenters. The number of rotatable bonds is 3. The van der Waals surface area contributed by atoms with E-state index in [1.54, 1.807) is 0 Å². The Hall–Kier alpha value is -2.60. The van der Waals surface area contributed by atoms with Crippen molar-refractivity contribution in [2.24, 2.45) is 0 Å². The molecule has 1 saturated heterocycles. The zero-order valence-electron chi connectivity index (χ0n) is 17.2. The summed E-state index contributed by atoms with van der Waals surface area (Å²) in [6.07, 6.45) is 4.60. The van der Waals surface area contributed by atoms with E-state index in [4.69, 9.17) is 4.74 Å². The number of amides is 1. The van der Waals surface area contributed by atoms with Gasteiger partial charge in [0.15, 0.2) is 0 Å². The molecule has 1 aliphatic carbocycles. The van der Waals surface area contributed by atoms with E-state index in [2.05, 4.69) is 29.1 Å². The Morgan fingerprint density at radius 1 is 1.28 bits per heavy atom. The third kappa shape index (κ3) is 3.35. The SMILES string of the molecule is Cc1cc(C)n(CC2CN(C(=O)c3cccc4c5c([nH]c34)CCCC5)CCO2)n1. The van der Waals surface area contributed by atoms with Crippen LogP contribution in [0.2, 0.25) is 0 Å². The lowest BCUT2D eigenvalue weighted by molar-refractivity contribution is -0.0301. The quantitative estimate of drug-likeness (QED) is 0.743. The van der Waals surface area contributed by atoms with E-state index in [1.165, 1.54) is 29.5 Å². The molecule has 1 aromatic carbocycles. The van der Waals surface area contributed by atoms with Crippen molar-refractivity contribution in [1.29, 1.82) is 0 Å². The van der Waals surface area contributed by atoms with E-state index in [9.17, 15) is 4.79 Å². The van der Waals surface area contributed by atoms with Crippen molar-refractivity contribution in [3.05, 3.63) is 52.5 Å². The van der Waals surface area contributed by atoms with Crippen LogP contribution in [0.4, 0.5) is 0 Å². The van der Waals surface area contributed by atoms with Crippen molar-refractivity contribution in [2.45, 2.75) is 52.2 Å².